The van der Waals surface area contributed by atoms with Gasteiger partial charge in [-0.3, -0.25) is 0 Å². The zero-order valence-electron chi connectivity index (χ0n) is 29.7. The van der Waals surface area contributed by atoms with Crippen LogP contribution in [0.5, 0.6) is 0 Å². The fraction of sp³-hybridized carbons (Fsp3) is 0.526. The Morgan fingerprint density at radius 1 is 1.08 bits per heavy atom. The van der Waals surface area contributed by atoms with Gasteiger partial charge in [0.15, 0.2) is 5.83 Å². The maximum absolute atomic E-state index is 17.2. The number of ether oxygens (including phenoxy) is 1. The highest BCUT2D eigenvalue weighted by Gasteiger charge is 2.43. The highest BCUT2D eigenvalue weighted by Crippen LogP contribution is 2.49. The zero-order valence-corrected chi connectivity index (χ0v) is 30.5. The summed E-state index contributed by atoms with van der Waals surface area (Å²) in [7, 11) is 3.21. The Labute approximate surface area is 286 Å². The number of methoxy groups -OCH3 is 1. The molecular formula is C38H48F5N3OS. The smallest absolute Gasteiger partial charge is 0.417 e. The van der Waals surface area contributed by atoms with Crippen LogP contribution in [-0.4, -0.2) is 37.0 Å². The van der Waals surface area contributed by atoms with Crippen molar-refractivity contribution in [2.75, 3.05) is 14.2 Å². The van der Waals surface area contributed by atoms with Crippen molar-refractivity contribution in [3.05, 3.63) is 74.7 Å². The molecule has 3 rings (SSSR count). The second-order valence-electron chi connectivity index (χ2n) is 12.9. The van der Waals surface area contributed by atoms with Crippen LogP contribution in [0, 0.1) is 29.0 Å². The van der Waals surface area contributed by atoms with Gasteiger partial charge in [0, 0.05) is 40.2 Å². The van der Waals surface area contributed by atoms with E-state index in [1.807, 2.05) is 32.7 Å². The first kappa shape index (κ1) is 39.0. The fourth-order valence-electron chi connectivity index (χ4n) is 6.12. The first-order valence-electron chi connectivity index (χ1n) is 16.7. The van der Waals surface area contributed by atoms with Crippen molar-refractivity contribution in [3.63, 3.8) is 0 Å². The van der Waals surface area contributed by atoms with Gasteiger partial charge in [-0.15, -0.1) is 11.3 Å². The molecule has 1 heterocycles. The summed E-state index contributed by atoms with van der Waals surface area (Å²) in [6, 6.07) is 4.20. The molecule has 0 fully saturated rings. The normalized spacial score (nSPS) is 18.3. The van der Waals surface area contributed by atoms with Crippen LogP contribution in [0.4, 0.5) is 22.0 Å². The molecule has 262 valence electrons. The van der Waals surface area contributed by atoms with E-state index in [1.54, 1.807) is 13.0 Å². The van der Waals surface area contributed by atoms with Gasteiger partial charge >= 0.3 is 6.18 Å². The van der Waals surface area contributed by atoms with Crippen molar-refractivity contribution in [1.29, 1.82) is 5.26 Å². The van der Waals surface area contributed by atoms with E-state index in [1.165, 1.54) is 7.11 Å². The van der Waals surface area contributed by atoms with Crippen LogP contribution in [0.1, 0.15) is 109 Å². The Hall–Kier alpha value is -3.45. The average molecular weight is 690 g/mol. The van der Waals surface area contributed by atoms with Gasteiger partial charge in [-0.25, -0.2) is 13.8 Å². The molecule has 1 aliphatic rings. The number of rotatable bonds is 13. The van der Waals surface area contributed by atoms with Crippen LogP contribution in [0.3, 0.4) is 0 Å². The molecule has 0 radical (unpaired) electrons. The van der Waals surface area contributed by atoms with Crippen LogP contribution in [0.2, 0.25) is 0 Å². The molecule has 1 aromatic carbocycles. The average Bonchev–Trinajstić information content (AvgIpc) is 3.45. The van der Waals surface area contributed by atoms with Crippen molar-refractivity contribution in [2.45, 2.75) is 106 Å². The Balaban J connectivity index is 2.49. The number of nitrogens with zero attached hydrogens (tertiary/aromatic N) is 3. The van der Waals surface area contributed by atoms with Crippen LogP contribution in [0.15, 0.2) is 57.8 Å². The predicted octanol–water partition coefficient (Wildman–Crippen LogP) is 12.0. The van der Waals surface area contributed by atoms with E-state index in [2.05, 4.69) is 38.8 Å². The molecule has 2 aromatic rings. The standard InChI is InChI=1S/C38H48F5N3OS/c1-11-14-31(47-10)45-35-26(24(8)46(9)30(23(7)13-3)18-15-22(6)12-2)19-28(38(41,42)43)33(34(35)40)25-16-17-29(39)37-32(25)27(20-44)36(48-37)21(4)5/h14,16-17,19,21-23,30H,11-13,15,18H2,1-10H3/b26-24+,31-14-,45-35+/t22?,23-,30?/m1/s1. The van der Waals surface area contributed by atoms with Crippen LogP contribution < -0.4 is 0 Å². The number of hydrogen-bond donors (Lipinski definition) is 0. The summed E-state index contributed by atoms with van der Waals surface area (Å²) in [4.78, 5) is 6.95. The summed E-state index contributed by atoms with van der Waals surface area (Å²) >= 11 is 1.000. The molecular weight excluding hydrogens is 641 g/mol. The number of halogens is 5. The predicted molar refractivity (Wildman–Crippen MR) is 188 cm³/mol. The molecule has 1 aliphatic carbocycles. The van der Waals surface area contributed by atoms with E-state index in [4.69, 9.17) is 4.74 Å². The summed E-state index contributed by atoms with van der Waals surface area (Å²) in [5.41, 5.74) is -2.08. The SMILES string of the molecule is CC/C=C(/N=C1/C(F)=C(c2ccc(F)c3sc(C(C)C)c(C#N)c23)C(C(F)(F)F)=C/C1=C(/C)N(C)C(CCC(C)CC)[C@H](C)CC)OC. The molecule has 0 saturated heterocycles. The zero-order chi connectivity index (χ0) is 36.1. The quantitative estimate of drug-likeness (QED) is 0.155. The number of alkyl halides is 3. The van der Waals surface area contributed by atoms with Gasteiger partial charge < -0.3 is 9.64 Å². The molecule has 0 saturated carbocycles. The van der Waals surface area contributed by atoms with E-state index in [0.717, 1.165) is 55.2 Å². The lowest BCUT2D eigenvalue weighted by Crippen LogP contribution is -2.37. The van der Waals surface area contributed by atoms with Gasteiger partial charge in [-0.05, 0) is 67.7 Å². The summed E-state index contributed by atoms with van der Waals surface area (Å²) in [6.07, 6.45) is 1.68. The number of aliphatic imine (C=N–C) groups is 1. The van der Waals surface area contributed by atoms with Gasteiger partial charge in [0.05, 0.1) is 22.9 Å². The maximum Gasteiger partial charge on any atom is 0.417 e. The fourth-order valence-corrected chi connectivity index (χ4v) is 7.30. The van der Waals surface area contributed by atoms with Crippen LogP contribution >= 0.6 is 11.3 Å². The van der Waals surface area contributed by atoms with Gasteiger partial charge in [0.25, 0.3) is 0 Å². The van der Waals surface area contributed by atoms with E-state index < -0.39 is 29.0 Å². The Morgan fingerprint density at radius 2 is 1.75 bits per heavy atom. The van der Waals surface area contributed by atoms with E-state index in [-0.39, 0.29) is 56.3 Å². The number of fused-ring (bicyclic) bond motifs is 1. The molecule has 2 unspecified atom stereocenters. The molecule has 0 amide bonds. The van der Waals surface area contributed by atoms with Gasteiger partial charge in [-0.1, -0.05) is 67.4 Å². The first-order valence-corrected chi connectivity index (χ1v) is 17.5. The van der Waals surface area contributed by atoms with E-state index >= 15 is 22.0 Å². The van der Waals surface area contributed by atoms with E-state index in [0.29, 0.717) is 22.9 Å². The van der Waals surface area contributed by atoms with E-state index in [9.17, 15) is 5.26 Å². The number of hydrogen-bond acceptors (Lipinski definition) is 5. The summed E-state index contributed by atoms with van der Waals surface area (Å²) in [5, 5.41) is 10.1. The molecule has 0 N–H and O–H groups in total. The topological polar surface area (TPSA) is 48.6 Å². The minimum absolute atomic E-state index is 0.00600. The molecule has 0 bridgehead atoms. The summed E-state index contributed by atoms with van der Waals surface area (Å²) in [5.74, 6) is -1.38. The molecule has 0 aliphatic heterocycles. The van der Waals surface area contributed by atoms with Crippen molar-refractivity contribution in [1.82, 2.24) is 4.90 Å². The Morgan fingerprint density at radius 3 is 2.27 bits per heavy atom. The van der Waals surface area contributed by atoms with Crippen molar-refractivity contribution >= 4 is 32.7 Å². The lowest BCUT2D eigenvalue weighted by Gasteiger charge is -2.37. The third kappa shape index (κ3) is 8.05. The molecule has 4 nitrogen and oxygen atoms in total. The third-order valence-corrected chi connectivity index (χ3v) is 10.9. The summed E-state index contributed by atoms with van der Waals surface area (Å²) in [6.45, 7) is 15.7. The molecule has 1 aromatic heterocycles. The second-order valence-corrected chi connectivity index (χ2v) is 14.0. The number of thiophene rings is 1. The van der Waals surface area contributed by atoms with Crippen LogP contribution in [-0.2, 0) is 4.74 Å². The van der Waals surface area contributed by atoms with Gasteiger partial charge in [-0.2, -0.15) is 18.4 Å². The molecule has 48 heavy (non-hydrogen) atoms. The first-order chi connectivity index (χ1) is 22.6. The van der Waals surface area contributed by atoms with Crippen LogP contribution in [0.25, 0.3) is 15.7 Å². The monoisotopic (exact) mass is 689 g/mol. The summed E-state index contributed by atoms with van der Waals surface area (Å²) < 4.78 is 83.2. The maximum atomic E-state index is 17.2. The Kier molecular flexibility index (Phi) is 13.2. The molecule has 3 atom stereocenters. The second kappa shape index (κ2) is 16.3. The van der Waals surface area contributed by atoms with Gasteiger partial charge in [0.1, 0.15) is 17.6 Å². The minimum Gasteiger partial charge on any atom is -0.481 e. The largest absolute Gasteiger partial charge is 0.481 e. The lowest BCUT2D eigenvalue weighted by atomic mass is 9.83. The number of nitriles is 1. The molecule has 0 spiro atoms. The van der Waals surface area contributed by atoms with Gasteiger partial charge in [0.2, 0.25) is 5.88 Å². The highest BCUT2D eigenvalue weighted by molar-refractivity contribution is 7.19. The number of benzene rings is 1. The highest BCUT2D eigenvalue weighted by atomic mass is 32.1. The Bertz CT molecular complexity index is 1690. The molecule has 10 heteroatoms. The van der Waals surface area contributed by atoms with Crippen molar-refractivity contribution < 1.29 is 26.7 Å². The third-order valence-electron chi connectivity index (χ3n) is 9.45. The number of allylic oxidation sites excluding steroid dienone is 7. The minimum atomic E-state index is -5.00. The van der Waals surface area contributed by atoms with Crippen molar-refractivity contribution in [2.24, 2.45) is 16.8 Å². The lowest BCUT2D eigenvalue weighted by molar-refractivity contribution is -0.0872. The van der Waals surface area contributed by atoms with Crippen molar-refractivity contribution in [3.8, 4) is 6.07 Å².